The summed E-state index contributed by atoms with van der Waals surface area (Å²) in [5, 5.41) is 2.72. The molecule has 1 aromatic heterocycles. The van der Waals surface area contributed by atoms with Crippen LogP contribution in [0.3, 0.4) is 0 Å². The summed E-state index contributed by atoms with van der Waals surface area (Å²) in [4.78, 5) is 18.5. The van der Waals surface area contributed by atoms with E-state index in [0.29, 0.717) is 11.4 Å². The number of carbonyl (C=O) groups is 1. The average Bonchev–Trinajstić information content (AvgIpc) is 3.10. The summed E-state index contributed by atoms with van der Waals surface area (Å²) in [7, 11) is 0. The number of imidazole rings is 1. The van der Waals surface area contributed by atoms with Crippen LogP contribution < -0.4 is 15.8 Å². The highest BCUT2D eigenvalue weighted by atomic mass is 35.5. The number of nitrogen functional groups attached to an aromatic ring is 1. The summed E-state index contributed by atoms with van der Waals surface area (Å²) in [5.41, 5.74) is 7.71. The molecule has 152 valence electrons. The number of carbonyl (C=O) groups excluding carboxylic acids is 1. The second-order valence-electron chi connectivity index (χ2n) is 6.36. The molecule has 3 rings (SSSR count). The van der Waals surface area contributed by atoms with Crippen LogP contribution in [0.1, 0.15) is 35.0 Å². The lowest BCUT2D eigenvalue weighted by Crippen LogP contribution is -2.24. The Morgan fingerprint density at radius 3 is 2.79 bits per heavy atom. The van der Waals surface area contributed by atoms with Gasteiger partial charge < -0.3 is 20.8 Å². The molecule has 0 unspecified atom stereocenters. The second kappa shape index (κ2) is 9.15. The standard InChI is InChI=1S/C20H19Cl2FN4O2/c1-2-3-11-6-13(24)8-14(7-11)29-18-15(21)5-4-12(16(18)23)9-25-20(28)17-19(22)27-10-26-17/h4-8,10H,2-3,9,24H2,1H3,(H,25,28)(H,26,27). The SMILES string of the molecule is CCCc1cc(N)cc(Oc2c(Cl)ccc(CNC(=O)c3[nH]cnc3Cl)c2F)c1. The Labute approximate surface area is 177 Å². The molecule has 0 saturated heterocycles. The van der Waals surface area contributed by atoms with Gasteiger partial charge in [-0.3, -0.25) is 4.79 Å². The summed E-state index contributed by atoms with van der Waals surface area (Å²) in [6.45, 7) is 1.96. The Morgan fingerprint density at radius 1 is 1.31 bits per heavy atom. The smallest absolute Gasteiger partial charge is 0.271 e. The van der Waals surface area contributed by atoms with Gasteiger partial charge >= 0.3 is 0 Å². The molecule has 0 radical (unpaired) electrons. The van der Waals surface area contributed by atoms with Gasteiger partial charge in [0.25, 0.3) is 5.91 Å². The summed E-state index contributed by atoms with van der Waals surface area (Å²) in [6, 6.07) is 8.22. The van der Waals surface area contributed by atoms with E-state index in [-0.39, 0.29) is 33.7 Å². The monoisotopic (exact) mass is 436 g/mol. The van der Waals surface area contributed by atoms with Crippen molar-refractivity contribution in [2.24, 2.45) is 0 Å². The quantitative estimate of drug-likeness (QED) is 0.448. The van der Waals surface area contributed by atoms with Gasteiger partial charge in [0.1, 0.15) is 11.4 Å². The Hall–Kier alpha value is -2.77. The molecule has 4 N–H and O–H groups in total. The molecule has 29 heavy (non-hydrogen) atoms. The van der Waals surface area contributed by atoms with Gasteiger partial charge in [0.15, 0.2) is 16.7 Å². The third kappa shape index (κ3) is 4.99. The third-order valence-electron chi connectivity index (χ3n) is 4.14. The predicted molar refractivity (Wildman–Crippen MR) is 111 cm³/mol. The van der Waals surface area contributed by atoms with Crippen molar-refractivity contribution >= 4 is 34.8 Å². The first-order valence-corrected chi connectivity index (χ1v) is 9.65. The topological polar surface area (TPSA) is 93.0 Å². The summed E-state index contributed by atoms with van der Waals surface area (Å²) in [5.74, 6) is -0.928. The molecule has 3 aromatic rings. The Kier molecular flexibility index (Phi) is 6.61. The minimum atomic E-state index is -0.673. The zero-order valence-electron chi connectivity index (χ0n) is 15.6. The van der Waals surface area contributed by atoms with Crippen LogP contribution in [0.5, 0.6) is 11.5 Å². The van der Waals surface area contributed by atoms with Crippen LogP contribution in [-0.4, -0.2) is 15.9 Å². The summed E-state index contributed by atoms with van der Waals surface area (Å²) < 4.78 is 20.7. The predicted octanol–water partition coefficient (Wildman–Crippen LogP) is 5.11. The minimum Gasteiger partial charge on any atom is -0.453 e. The van der Waals surface area contributed by atoms with Gasteiger partial charge in [-0.05, 0) is 30.2 Å². The molecule has 9 heteroatoms. The molecular formula is C20H19Cl2FN4O2. The maximum Gasteiger partial charge on any atom is 0.271 e. The number of aryl methyl sites for hydroxylation is 1. The fourth-order valence-electron chi connectivity index (χ4n) is 2.80. The zero-order chi connectivity index (χ0) is 21.0. The summed E-state index contributed by atoms with van der Waals surface area (Å²) >= 11 is 11.9. The largest absolute Gasteiger partial charge is 0.453 e. The number of ether oxygens (including phenoxy) is 1. The van der Waals surface area contributed by atoms with Crippen molar-refractivity contribution in [3.8, 4) is 11.5 Å². The Bertz CT molecular complexity index is 1040. The molecule has 0 aliphatic heterocycles. The van der Waals surface area contributed by atoms with Crippen LogP contribution in [0, 0.1) is 5.82 Å². The van der Waals surface area contributed by atoms with E-state index in [4.69, 9.17) is 33.7 Å². The van der Waals surface area contributed by atoms with Crippen molar-refractivity contribution in [1.82, 2.24) is 15.3 Å². The molecule has 1 heterocycles. The lowest BCUT2D eigenvalue weighted by molar-refractivity contribution is 0.0946. The number of nitrogens with zero attached hydrogens (tertiary/aromatic N) is 1. The number of rotatable bonds is 7. The number of aromatic nitrogens is 2. The van der Waals surface area contributed by atoms with Gasteiger partial charge in [0.2, 0.25) is 0 Å². The van der Waals surface area contributed by atoms with Crippen molar-refractivity contribution in [2.75, 3.05) is 5.73 Å². The molecule has 0 atom stereocenters. The van der Waals surface area contributed by atoms with Gasteiger partial charge in [0, 0.05) is 23.9 Å². The van der Waals surface area contributed by atoms with Gasteiger partial charge in [-0.15, -0.1) is 0 Å². The van der Waals surface area contributed by atoms with Crippen molar-refractivity contribution in [3.63, 3.8) is 0 Å². The maximum absolute atomic E-state index is 15.0. The van der Waals surface area contributed by atoms with Crippen LogP contribution in [0.25, 0.3) is 0 Å². The zero-order valence-corrected chi connectivity index (χ0v) is 17.1. The van der Waals surface area contributed by atoms with Crippen LogP contribution in [0.15, 0.2) is 36.7 Å². The van der Waals surface area contributed by atoms with E-state index < -0.39 is 11.7 Å². The number of aromatic amines is 1. The third-order valence-corrected chi connectivity index (χ3v) is 4.72. The fraction of sp³-hybridized carbons (Fsp3) is 0.200. The molecule has 0 aliphatic rings. The second-order valence-corrected chi connectivity index (χ2v) is 7.13. The first-order valence-electron chi connectivity index (χ1n) is 8.90. The molecule has 0 saturated carbocycles. The first kappa shape index (κ1) is 21.0. The Morgan fingerprint density at radius 2 is 2.10 bits per heavy atom. The van der Waals surface area contributed by atoms with Crippen molar-refractivity contribution in [1.29, 1.82) is 0 Å². The number of amides is 1. The van der Waals surface area contributed by atoms with Crippen LogP contribution in [0.4, 0.5) is 10.1 Å². The highest BCUT2D eigenvalue weighted by Gasteiger charge is 2.18. The van der Waals surface area contributed by atoms with Crippen LogP contribution >= 0.6 is 23.2 Å². The van der Waals surface area contributed by atoms with Gasteiger partial charge in [0.05, 0.1) is 11.3 Å². The molecule has 0 fully saturated rings. The lowest BCUT2D eigenvalue weighted by atomic mass is 10.1. The molecule has 1 amide bonds. The first-order chi connectivity index (χ1) is 13.9. The molecule has 0 bridgehead atoms. The van der Waals surface area contributed by atoms with Gasteiger partial charge in [-0.1, -0.05) is 42.6 Å². The van der Waals surface area contributed by atoms with E-state index in [0.717, 1.165) is 18.4 Å². The number of hydrogen-bond acceptors (Lipinski definition) is 4. The van der Waals surface area contributed by atoms with Gasteiger partial charge in [-0.25, -0.2) is 9.37 Å². The number of benzene rings is 2. The molecule has 2 aromatic carbocycles. The number of halogens is 3. The fourth-order valence-corrected chi connectivity index (χ4v) is 3.17. The molecule has 0 aliphatic carbocycles. The normalized spacial score (nSPS) is 10.8. The lowest BCUT2D eigenvalue weighted by Gasteiger charge is -2.14. The molecule has 0 spiro atoms. The Balaban J connectivity index is 1.80. The number of anilines is 1. The van der Waals surface area contributed by atoms with E-state index in [1.165, 1.54) is 18.5 Å². The number of nitrogens with one attached hydrogen (secondary N) is 2. The van der Waals surface area contributed by atoms with Crippen LogP contribution in [-0.2, 0) is 13.0 Å². The van der Waals surface area contributed by atoms with E-state index >= 15 is 4.39 Å². The highest BCUT2D eigenvalue weighted by Crippen LogP contribution is 2.35. The average molecular weight is 437 g/mol. The minimum absolute atomic E-state index is 0.0349. The molecular weight excluding hydrogens is 418 g/mol. The maximum atomic E-state index is 15.0. The number of hydrogen-bond donors (Lipinski definition) is 3. The van der Waals surface area contributed by atoms with Crippen molar-refractivity contribution in [2.45, 2.75) is 26.3 Å². The van der Waals surface area contributed by atoms with Crippen LogP contribution in [0.2, 0.25) is 10.2 Å². The van der Waals surface area contributed by atoms with E-state index in [1.54, 1.807) is 12.1 Å². The van der Waals surface area contributed by atoms with Crippen molar-refractivity contribution in [3.05, 3.63) is 69.5 Å². The van der Waals surface area contributed by atoms with Crippen molar-refractivity contribution < 1.29 is 13.9 Å². The molecule has 6 nitrogen and oxygen atoms in total. The number of H-pyrrole nitrogens is 1. The van der Waals surface area contributed by atoms with E-state index in [9.17, 15) is 4.79 Å². The van der Waals surface area contributed by atoms with Gasteiger partial charge in [-0.2, -0.15) is 0 Å². The summed E-state index contributed by atoms with van der Waals surface area (Å²) in [6.07, 6.45) is 3.05. The highest BCUT2D eigenvalue weighted by molar-refractivity contribution is 6.32. The van der Waals surface area contributed by atoms with E-state index in [1.807, 2.05) is 6.07 Å². The number of nitrogens with two attached hydrogens (primary N) is 1. The van der Waals surface area contributed by atoms with E-state index in [2.05, 4.69) is 22.2 Å².